The smallest absolute Gasteiger partial charge is 0.408 e. The third kappa shape index (κ3) is 11.3. The van der Waals surface area contributed by atoms with Crippen LogP contribution in [0.1, 0.15) is 52.7 Å². The fourth-order valence-electron chi connectivity index (χ4n) is 2.42. The molecule has 0 unspecified atom stereocenters. The van der Waals surface area contributed by atoms with Gasteiger partial charge in [0.1, 0.15) is 29.6 Å². The molecule has 7 nitrogen and oxygen atoms in total. The maximum absolute atomic E-state index is 12.8. The molecule has 1 N–H and O–H groups in total. The van der Waals surface area contributed by atoms with Crippen molar-refractivity contribution in [2.75, 3.05) is 13.2 Å². The molecule has 0 aromatic heterocycles. The number of carbonyl (C=O) groups is 2. The van der Waals surface area contributed by atoms with Gasteiger partial charge in [-0.25, -0.2) is 9.59 Å². The molecule has 9 heteroatoms. The topological polar surface area (TPSA) is 83.1 Å². The van der Waals surface area contributed by atoms with Crippen molar-refractivity contribution in [2.24, 2.45) is 0 Å². The number of halogens is 1. The molecule has 1 atom stereocenters. The Balaban J connectivity index is 2.98. The van der Waals surface area contributed by atoms with Crippen LogP contribution >= 0.6 is 30.4 Å². The summed E-state index contributed by atoms with van der Waals surface area (Å²) >= 11 is 2.05. The number of hydrogen-bond acceptors (Lipinski definition) is 7. The molecule has 170 valence electrons. The summed E-state index contributed by atoms with van der Waals surface area (Å²) in [6, 6.07) is 4.74. The molecular weight excluding hydrogens is 521 g/mol. The fraction of sp³-hybridized carbons (Fsp3) is 0.619. The largest absolute Gasteiger partial charge is 0.491 e. The summed E-state index contributed by atoms with van der Waals surface area (Å²) in [6.07, 6.45) is -0.422. The number of benzene rings is 1. The van der Waals surface area contributed by atoms with Crippen molar-refractivity contribution in [3.05, 3.63) is 29.3 Å². The number of amides is 1. The van der Waals surface area contributed by atoms with Crippen molar-refractivity contribution >= 4 is 42.5 Å². The van der Waals surface area contributed by atoms with Crippen LogP contribution in [0.2, 0.25) is 0 Å². The second kappa shape index (κ2) is 12.0. The quantitative estimate of drug-likeness (QED) is 0.196. The lowest BCUT2D eigenvalue weighted by Gasteiger charge is -2.26. The molecule has 1 aromatic rings. The second-order valence-corrected chi connectivity index (χ2v) is 10.2. The zero-order chi connectivity index (χ0) is 22.9. The molecule has 1 aromatic carbocycles. The van der Waals surface area contributed by atoms with Crippen molar-refractivity contribution in [3.8, 4) is 5.75 Å². The number of alkyl carbamates (subject to hydrolysis) is 1. The van der Waals surface area contributed by atoms with Crippen LogP contribution in [0.3, 0.4) is 0 Å². The second-order valence-electron chi connectivity index (χ2n) is 8.76. The lowest BCUT2D eigenvalue weighted by molar-refractivity contribution is -0.157. The summed E-state index contributed by atoms with van der Waals surface area (Å²) < 4.78 is 21.7. The summed E-state index contributed by atoms with van der Waals surface area (Å²) in [6.45, 7) is 13.4. The van der Waals surface area contributed by atoms with Crippen LogP contribution in [-0.2, 0) is 24.9 Å². The molecule has 0 heterocycles. The Morgan fingerprint density at radius 3 is 2.27 bits per heavy atom. The molecule has 0 spiro atoms. The van der Waals surface area contributed by atoms with Crippen molar-refractivity contribution in [1.82, 2.24) is 5.32 Å². The van der Waals surface area contributed by atoms with Gasteiger partial charge in [0.05, 0.1) is 15.8 Å². The molecule has 0 bridgehead atoms. The standard InChI is InChI=1S/C21H32INO6S/c1-14-8-9-16(26-10-11-27-30-22)12-15(14)13-17(18(24)28-20(2,3)4)23-19(25)29-21(5,6)7/h8-9,12,17H,10-11,13H2,1-7H3,(H,23,25)/t17-/m0/s1. The maximum atomic E-state index is 12.8. The Labute approximate surface area is 195 Å². The van der Waals surface area contributed by atoms with E-state index in [0.29, 0.717) is 19.0 Å². The van der Waals surface area contributed by atoms with Gasteiger partial charge in [-0.1, -0.05) is 6.07 Å². The molecule has 1 amide bonds. The van der Waals surface area contributed by atoms with Crippen molar-refractivity contribution in [2.45, 2.75) is 72.1 Å². The third-order valence-corrected chi connectivity index (χ3v) is 4.63. The van der Waals surface area contributed by atoms with Gasteiger partial charge in [0, 0.05) is 27.6 Å². The number of esters is 1. The molecule has 30 heavy (non-hydrogen) atoms. The highest BCUT2D eigenvalue weighted by molar-refractivity contribution is 14.2. The van der Waals surface area contributed by atoms with Gasteiger partial charge in [-0.05, 0) is 71.7 Å². The minimum Gasteiger partial charge on any atom is -0.491 e. The highest BCUT2D eigenvalue weighted by atomic mass is 127. The van der Waals surface area contributed by atoms with E-state index in [1.54, 1.807) is 41.5 Å². The van der Waals surface area contributed by atoms with E-state index in [1.807, 2.05) is 46.3 Å². The Morgan fingerprint density at radius 2 is 1.70 bits per heavy atom. The summed E-state index contributed by atoms with van der Waals surface area (Å²) in [5, 5.41) is 2.65. The van der Waals surface area contributed by atoms with Crippen molar-refractivity contribution < 1.29 is 28.0 Å². The number of carbonyl (C=O) groups excluding carboxylic acids is 2. The first-order chi connectivity index (χ1) is 13.8. The van der Waals surface area contributed by atoms with Crippen LogP contribution in [0.25, 0.3) is 0 Å². The van der Waals surface area contributed by atoms with E-state index in [0.717, 1.165) is 11.1 Å². The monoisotopic (exact) mass is 553 g/mol. The van der Waals surface area contributed by atoms with Crippen molar-refractivity contribution in [1.29, 1.82) is 0 Å². The first kappa shape index (κ1) is 26.8. The van der Waals surface area contributed by atoms with Gasteiger partial charge in [-0.15, -0.1) is 0 Å². The van der Waals surface area contributed by atoms with E-state index in [2.05, 4.69) is 5.32 Å². The van der Waals surface area contributed by atoms with Gasteiger partial charge in [0.25, 0.3) is 0 Å². The van der Waals surface area contributed by atoms with Gasteiger partial charge in [-0.2, -0.15) is 0 Å². The molecule has 0 aliphatic heterocycles. The average Bonchev–Trinajstić information content (AvgIpc) is 2.57. The van der Waals surface area contributed by atoms with E-state index in [9.17, 15) is 9.59 Å². The van der Waals surface area contributed by atoms with Gasteiger partial charge in [0.15, 0.2) is 0 Å². The minimum absolute atomic E-state index is 0.247. The minimum atomic E-state index is -0.897. The van der Waals surface area contributed by atoms with E-state index >= 15 is 0 Å². The van der Waals surface area contributed by atoms with E-state index < -0.39 is 29.3 Å². The molecule has 0 radical (unpaired) electrons. The zero-order valence-electron chi connectivity index (χ0n) is 18.7. The van der Waals surface area contributed by atoms with Crippen LogP contribution in [-0.4, -0.2) is 42.5 Å². The number of rotatable bonds is 9. The highest BCUT2D eigenvalue weighted by Crippen LogP contribution is 2.21. The van der Waals surface area contributed by atoms with Gasteiger partial charge >= 0.3 is 12.1 Å². The maximum Gasteiger partial charge on any atom is 0.408 e. The first-order valence-electron chi connectivity index (χ1n) is 9.65. The number of nitrogens with one attached hydrogen (secondary N) is 1. The van der Waals surface area contributed by atoms with E-state index in [-0.39, 0.29) is 6.42 Å². The third-order valence-electron chi connectivity index (χ3n) is 3.61. The molecular formula is C21H32INO6S. The summed E-state index contributed by atoms with van der Waals surface area (Å²) in [5.41, 5.74) is 0.483. The molecule has 0 aliphatic carbocycles. The summed E-state index contributed by atoms with van der Waals surface area (Å²) in [5.74, 6) is 0.143. The normalized spacial score (nSPS) is 12.8. The number of hydrogen-bond donors (Lipinski definition) is 1. The Hall–Kier alpha value is -1.20. The van der Waals surface area contributed by atoms with Gasteiger partial charge in [-0.3, -0.25) is 0 Å². The predicted molar refractivity (Wildman–Crippen MR) is 127 cm³/mol. The average molecular weight is 553 g/mol. The van der Waals surface area contributed by atoms with Crippen LogP contribution in [0.15, 0.2) is 18.2 Å². The summed E-state index contributed by atoms with van der Waals surface area (Å²) in [7, 11) is 1.25. The Bertz CT molecular complexity index is 714. The predicted octanol–water partition coefficient (Wildman–Crippen LogP) is 5.17. The fourth-order valence-corrected chi connectivity index (χ4v) is 3.09. The zero-order valence-corrected chi connectivity index (χ0v) is 21.6. The van der Waals surface area contributed by atoms with Crippen LogP contribution < -0.4 is 10.1 Å². The molecule has 0 fully saturated rings. The Morgan fingerprint density at radius 1 is 1.07 bits per heavy atom. The van der Waals surface area contributed by atoms with Gasteiger partial charge < -0.3 is 23.7 Å². The first-order valence-corrected chi connectivity index (χ1v) is 12.9. The molecule has 0 saturated heterocycles. The lowest BCUT2D eigenvalue weighted by atomic mass is 10.0. The molecule has 0 saturated carbocycles. The SMILES string of the molecule is Cc1ccc(OCCOSI)cc1C[C@H](NC(=O)OC(C)(C)C)C(=O)OC(C)(C)C. The van der Waals surface area contributed by atoms with E-state index in [1.165, 1.54) is 9.21 Å². The van der Waals surface area contributed by atoms with E-state index in [4.69, 9.17) is 18.4 Å². The molecule has 0 aliphatic rings. The molecule has 1 rings (SSSR count). The summed E-state index contributed by atoms with van der Waals surface area (Å²) in [4.78, 5) is 25.1. The van der Waals surface area contributed by atoms with Crippen LogP contribution in [0.4, 0.5) is 4.79 Å². The van der Waals surface area contributed by atoms with Crippen LogP contribution in [0, 0.1) is 6.92 Å². The van der Waals surface area contributed by atoms with Gasteiger partial charge in [0.2, 0.25) is 0 Å². The number of ether oxygens (including phenoxy) is 3. The van der Waals surface area contributed by atoms with Crippen molar-refractivity contribution in [3.63, 3.8) is 0 Å². The highest BCUT2D eigenvalue weighted by Gasteiger charge is 2.29. The number of aryl methyl sites for hydroxylation is 1. The van der Waals surface area contributed by atoms with Crippen LogP contribution in [0.5, 0.6) is 5.75 Å². The lowest BCUT2D eigenvalue weighted by Crippen LogP contribution is -2.47. The Kier molecular flexibility index (Phi) is 10.7.